The summed E-state index contributed by atoms with van der Waals surface area (Å²) < 4.78 is 0. The molecule has 0 unspecified atom stereocenters. The van der Waals surface area contributed by atoms with Crippen molar-refractivity contribution >= 4 is 11.9 Å². The van der Waals surface area contributed by atoms with Gasteiger partial charge in [-0.3, -0.25) is 9.59 Å². The molecular formula is C15H23NO3. The number of carbonyl (C=O) groups excluding carboxylic acids is 1. The van der Waals surface area contributed by atoms with Crippen LogP contribution >= 0.6 is 0 Å². The molecule has 2 rings (SSSR count). The lowest BCUT2D eigenvalue weighted by molar-refractivity contribution is -0.147. The van der Waals surface area contributed by atoms with Crippen LogP contribution in [0.1, 0.15) is 44.9 Å². The zero-order chi connectivity index (χ0) is 13.7. The molecule has 1 amide bonds. The van der Waals surface area contributed by atoms with E-state index >= 15 is 0 Å². The zero-order valence-corrected chi connectivity index (χ0v) is 11.3. The van der Waals surface area contributed by atoms with Crippen LogP contribution in [-0.2, 0) is 9.59 Å². The number of nitrogens with one attached hydrogen (secondary N) is 1. The highest BCUT2D eigenvalue weighted by Gasteiger charge is 2.33. The van der Waals surface area contributed by atoms with E-state index in [-0.39, 0.29) is 5.91 Å². The van der Waals surface area contributed by atoms with Gasteiger partial charge in [0.2, 0.25) is 5.91 Å². The molecule has 19 heavy (non-hydrogen) atoms. The Morgan fingerprint density at radius 3 is 2.37 bits per heavy atom. The number of carboxylic acids is 1. The maximum absolute atomic E-state index is 12.1. The standard InChI is InChI=1S/C15H23NO3/c17-14(16-10-9-11-5-1-2-6-11)12-7-3-4-8-13(12)15(18)19/h3-4,11-13H,1-2,5-10H2,(H,16,17)(H,18,19)/t12-,13+/m1/s1. The molecule has 0 aromatic rings. The van der Waals surface area contributed by atoms with E-state index in [1.165, 1.54) is 25.7 Å². The first kappa shape index (κ1) is 14.1. The van der Waals surface area contributed by atoms with Crippen molar-refractivity contribution in [2.24, 2.45) is 17.8 Å². The Balaban J connectivity index is 1.77. The van der Waals surface area contributed by atoms with Gasteiger partial charge in [-0.1, -0.05) is 37.8 Å². The molecule has 4 heteroatoms. The normalized spacial score (nSPS) is 27.4. The van der Waals surface area contributed by atoms with Crippen LogP contribution in [0.25, 0.3) is 0 Å². The molecule has 2 N–H and O–H groups in total. The minimum atomic E-state index is -0.861. The molecule has 0 spiro atoms. The molecule has 1 saturated carbocycles. The highest BCUT2D eigenvalue weighted by atomic mass is 16.4. The lowest BCUT2D eigenvalue weighted by atomic mass is 9.82. The average Bonchev–Trinajstić information content (AvgIpc) is 2.91. The van der Waals surface area contributed by atoms with Crippen molar-refractivity contribution in [3.8, 4) is 0 Å². The summed E-state index contributed by atoms with van der Waals surface area (Å²) >= 11 is 0. The molecule has 0 radical (unpaired) electrons. The van der Waals surface area contributed by atoms with Crippen molar-refractivity contribution < 1.29 is 14.7 Å². The second kappa shape index (κ2) is 6.73. The van der Waals surface area contributed by atoms with E-state index in [4.69, 9.17) is 5.11 Å². The molecule has 0 aliphatic heterocycles. The number of amides is 1. The lowest BCUT2D eigenvalue weighted by Gasteiger charge is -2.24. The highest BCUT2D eigenvalue weighted by molar-refractivity contribution is 5.85. The molecule has 0 bridgehead atoms. The Morgan fingerprint density at radius 1 is 1.11 bits per heavy atom. The summed E-state index contributed by atoms with van der Waals surface area (Å²) in [5, 5.41) is 12.1. The predicted molar refractivity (Wildman–Crippen MR) is 72.6 cm³/mol. The second-order valence-corrected chi connectivity index (χ2v) is 5.72. The molecule has 106 valence electrons. The zero-order valence-electron chi connectivity index (χ0n) is 11.3. The molecule has 0 heterocycles. The van der Waals surface area contributed by atoms with Crippen molar-refractivity contribution in [3.05, 3.63) is 12.2 Å². The van der Waals surface area contributed by atoms with E-state index in [1.54, 1.807) is 0 Å². The number of allylic oxidation sites excluding steroid dienone is 2. The summed E-state index contributed by atoms with van der Waals surface area (Å²) in [6, 6.07) is 0. The van der Waals surface area contributed by atoms with Crippen LogP contribution in [0.3, 0.4) is 0 Å². The summed E-state index contributed by atoms with van der Waals surface area (Å²) in [6.07, 6.45) is 11.0. The number of hydrogen-bond donors (Lipinski definition) is 2. The second-order valence-electron chi connectivity index (χ2n) is 5.72. The van der Waals surface area contributed by atoms with Crippen molar-refractivity contribution in [3.63, 3.8) is 0 Å². The maximum atomic E-state index is 12.1. The third-order valence-corrected chi connectivity index (χ3v) is 4.41. The third kappa shape index (κ3) is 3.82. The van der Waals surface area contributed by atoms with Crippen molar-refractivity contribution in [2.45, 2.75) is 44.9 Å². The van der Waals surface area contributed by atoms with Gasteiger partial charge in [-0.2, -0.15) is 0 Å². The highest BCUT2D eigenvalue weighted by Crippen LogP contribution is 2.28. The van der Waals surface area contributed by atoms with E-state index in [9.17, 15) is 9.59 Å². The lowest BCUT2D eigenvalue weighted by Crippen LogP contribution is -2.39. The van der Waals surface area contributed by atoms with Gasteiger partial charge in [0, 0.05) is 6.54 Å². The fraction of sp³-hybridized carbons (Fsp3) is 0.733. The minimum Gasteiger partial charge on any atom is -0.481 e. The molecule has 2 atom stereocenters. The van der Waals surface area contributed by atoms with E-state index in [1.807, 2.05) is 12.2 Å². The Morgan fingerprint density at radius 2 is 1.74 bits per heavy atom. The molecule has 2 aliphatic rings. The average molecular weight is 265 g/mol. The largest absolute Gasteiger partial charge is 0.481 e. The molecular weight excluding hydrogens is 242 g/mol. The van der Waals surface area contributed by atoms with E-state index in [0.717, 1.165) is 12.3 Å². The first-order chi connectivity index (χ1) is 9.18. The number of carboxylic acid groups (broad SMARTS) is 1. The Bertz CT molecular complexity index is 358. The maximum Gasteiger partial charge on any atom is 0.307 e. The van der Waals surface area contributed by atoms with Crippen LogP contribution in [-0.4, -0.2) is 23.5 Å². The first-order valence-electron chi connectivity index (χ1n) is 7.34. The van der Waals surface area contributed by atoms with Gasteiger partial charge in [0.05, 0.1) is 11.8 Å². The van der Waals surface area contributed by atoms with Crippen LogP contribution < -0.4 is 5.32 Å². The summed E-state index contributed by atoms with van der Waals surface area (Å²) in [4.78, 5) is 23.2. The van der Waals surface area contributed by atoms with Crippen molar-refractivity contribution in [2.75, 3.05) is 6.54 Å². The topological polar surface area (TPSA) is 66.4 Å². The van der Waals surface area contributed by atoms with Crippen LogP contribution in [0.15, 0.2) is 12.2 Å². The summed E-state index contributed by atoms with van der Waals surface area (Å²) in [5.41, 5.74) is 0. The van der Waals surface area contributed by atoms with Gasteiger partial charge in [-0.25, -0.2) is 0 Å². The molecule has 0 aromatic carbocycles. The van der Waals surface area contributed by atoms with E-state index < -0.39 is 17.8 Å². The number of rotatable bonds is 5. The first-order valence-corrected chi connectivity index (χ1v) is 7.34. The third-order valence-electron chi connectivity index (χ3n) is 4.41. The van der Waals surface area contributed by atoms with Gasteiger partial charge in [0.25, 0.3) is 0 Å². The van der Waals surface area contributed by atoms with Crippen LogP contribution in [0.2, 0.25) is 0 Å². The summed E-state index contributed by atoms with van der Waals surface area (Å²) in [6.45, 7) is 0.691. The van der Waals surface area contributed by atoms with Crippen molar-refractivity contribution in [1.29, 1.82) is 0 Å². The van der Waals surface area contributed by atoms with Gasteiger partial charge in [-0.05, 0) is 25.2 Å². The quantitative estimate of drug-likeness (QED) is 0.750. The number of carbonyl (C=O) groups is 2. The molecule has 2 aliphatic carbocycles. The predicted octanol–water partition coefficient (Wildman–Crippen LogP) is 2.35. The van der Waals surface area contributed by atoms with Gasteiger partial charge < -0.3 is 10.4 Å². The smallest absolute Gasteiger partial charge is 0.307 e. The SMILES string of the molecule is O=C(O)[C@H]1CC=CC[C@H]1C(=O)NCCC1CCCC1. The monoisotopic (exact) mass is 265 g/mol. The molecule has 0 aromatic heterocycles. The Kier molecular flexibility index (Phi) is 5.00. The van der Waals surface area contributed by atoms with E-state index in [2.05, 4.69) is 5.32 Å². The summed E-state index contributed by atoms with van der Waals surface area (Å²) in [5.74, 6) is -1.15. The van der Waals surface area contributed by atoms with Crippen molar-refractivity contribution in [1.82, 2.24) is 5.32 Å². The minimum absolute atomic E-state index is 0.0882. The van der Waals surface area contributed by atoms with Crippen LogP contribution in [0, 0.1) is 17.8 Å². The fourth-order valence-electron chi connectivity index (χ4n) is 3.21. The summed E-state index contributed by atoms with van der Waals surface area (Å²) in [7, 11) is 0. The van der Waals surface area contributed by atoms with Gasteiger partial charge in [0.15, 0.2) is 0 Å². The fourth-order valence-corrected chi connectivity index (χ4v) is 3.21. The Labute approximate surface area is 114 Å². The Hall–Kier alpha value is -1.32. The van der Waals surface area contributed by atoms with Gasteiger partial charge in [-0.15, -0.1) is 0 Å². The number of aliphatic carboxylic acids is 1. The number of hydrogen-bond acceptors (Lipinski definition) is 2. The molecule has 1 fully saturated rings. The van der Waals surface area contributed by atoms with Crippen LogP contribution in [0.4, 0.5) is 0 Å². The molecule has 0 saturated heterocycles. The molecule has 4 nitrogen and oxygen atoms in total. The van der Waals surface area contributed by atoms with E-state index in [0.29, 0.717) is 19.4 Å². The van der Waals surface area contributed by atoms with Gasteiger partial charge >= 0.3 is 5.97 Å². The van der Waals surface area contributed by atoms with Crippen LogP contribution in [0.5, 0.6) is 0 Å². The van der Waals surface area contributed by atoms with Gasteiger partial charge in [0.1, 0.15) is 0 Å².